The molecule has 0 amide bonds. The Morgan fingerprint density at radius 3 is 2.74 bits per heavy atom. The van der Waals surface area contributed by atoms with Gasteiger partial charge < -0.3 is 14.6 Å². The number of fused-ring (bicyclic) bond motifs is 1. The minimum Gasteiger partial charge on any atom is -0.494 e. The van der Waals surface area contributed by atoms with Crippen molar-refractivity contribution in [2.24, 2.45) is 11.8 Å². The zero-order valence-corrected chi connectivity index (χ0v) is 20.0. The summed E-state index contributed by atoms with van der Waals surface area (Å²) < 4.78 is 12.2. The van der Waals surface area contributed by atoms with Gasteiger partial charge in [-0.3, -0.25) is 4.79 Å². The van der Waals surface area contributed by atoms with Crippen LogP contribution in [-0.4, -0.2) is 23.3 Å². The molecule has 0 saturated heterocycles. The highest BCUT2D eigenvalue weighted by Gasteiger charge is 2.29. The van der Waals surface area contributed by atoms with Crippen molar-refractivity contribution in [3.8, 4) is 11.5 Å². The van der Waals surface area contributed by atoms with E-state index in [2.05, 4.69) is 45.9 Å². The van der Waals surface area contributed by atoms with Crippen LogP contribution < -0.4 is 9.47 Å². The predicted octanol–water partition coefficient (Wildman–Crippen LogP) is 7.20. The van der Waals surface area contributed by atoms with E-state index in [1.54, 1.807) is 0 Å². The van der Waals surface area contributed by atoms with Gasteiger partial charge in [0.1, 0.15) is 17.1 Å². The quantitative estimate of drug-likeness (QED) is 0.250. The number of carbonyl (C=O) groups is 1. The fourth-order valence-electron chi connectivity index (χ4n) is 4.03. The number of aryl methyl sites for hydroxylation is 1. The molecule has 4 nitrogen and oxygen atoms in total. The van der Waals surface area contributed by atoms with Crippen molar-refractivity contribution >= 4 is 5.97 Å². The Hall–Kier alpha value is -1.97. The Morgan fingerprint density at radius 1 is 1.19 bits per heavy atom. The van der Waals surface area contributed by atoms with Crippen LogP contribution >= 0.6 is 0 Å². The van der Waals surface area contributed by atoms with Crippen LogP contribution in [0.4, 0.5) is 0 Å². The number of ether oxygens (including phenoxy) is 2. The van der Waals surface area contributed by atoms with Gasteiger partial charge in [-0.05, 0) is 87.1 Å². The van der Waals surface area contributed by atoms with E-state index < -0.39 is 5.97 Å². The molecule has 1 aromatic carbocycles. The summed E-state index contributed by atoms with van der Waals surface area (Å²) in [6.07, 6.45) is 14.3. The van der Waals surface area contributed by atoms with Gasteiger partial charge in [-0.2, -0.15) is 0 Å². The summed E-state index contributed by atoms with van der Waals surface area (Å²) in [6, 6.07) is 6.09. The predicted molar refractivity (Wildman–Crippen MR) is 127 cm³/mol. The van der Waals surface area contributed by atoms with E-state index in [-0.39, 0.29) is 12.0 Å². The highest BCUT2D eigenvalue weighted by Crippen LogP contribution is 2.36. The zero-order chi connectivity index (χ0) is 22.7. The van der Waals surface area contributed by atoms with Crippen LogP contribution in [-0.2, 0) is 11.2 Å². The van der Waals surface area contributed by atoms with Crippen LogP contribution in [0.5, 0.6) is 11.5 Å². The number of carboxylic acid groups (broad SMARTS) is 1. The molecule has 0 fully saturated rings. The van der Waals surface area contributed by atoms with Crippen molar-refractivity contribution in [3.05, 3.63) is 35.9 Å². The van der Waals surface area contributed by atoms with Crippen LogP contribution in [0.1, 0.15) is 91.0 Å². The molecule has 1 aromatic rings. The summed E-state index contributed by atoms with van der Waals surface area (Å²) in [5, 5.41) is 8.67. The van der Waals surface area contributed by atoms with Gasteiger partial charge in [0.05, 0.1) is 6.61 Å². The van der Waals surface area contributed by atoms with Crippen molar-refractivity contribution in [1.29, 1.82) is 0 Å². The SMILES string of the molecule is CC(C)CCCC(C)CC=CC1(C)CCc2cc(OCCCCCC(=O)O)ccc2O1. The first-order valence-corrected chi connectivity index (χ1v) is 12.1. The molecule has 0 aliphatic carbocycles. The average molecular weight is 431 g/mol. The largest absolute Gasteiger partial charge is 0.494 e. The Morgan fingerprint density at radius 2 is 2.00 bits per heavy atom. The Labute approximate surface area is 189 Å². The van der Waals surface area contributed by atoms with Gasteiger partial charge in [-0.15, -0.1) is 0 Å². The fourth-order valence-corrected chi connectivity index (χ4v) is 4.03. The maximum Gasteiger partial charge on any atom is 0.303 e. The first-order chi connectivity index (χ1) is 14.8. The van der Waals surface area contributed by atoms with E-state index in [1.807, 2.05) is 12.1 Å². The molecule has 1 N–H and O–H groups in total. The standard InChI is InChI=1S/C27H42O4/c1-21(2)10-8-11-22(3)12-9-17-27(4)18-16-23-20-24(14-15-25(23)31-27)30-19-7-5-6-13-26(28)29/h9,14-15,17,20-22H,5-8,10-13,16,18-19H2,1-4H3,(H,28,29). The molecule has 2 rings (SSSR count). The summed E-state index contributed by atoms with van der Waals surface area (Å²) >= 11 is 0. The molecule has 1 aliphatic rings. The van der Waals surface area contributed by atoms with Crippen LogP contribution in [0.15, 0.2) is 30.4 Å². The fraction of sp³-hybridized carbons (Fsp3) is 0.667. The second-order valence-corrected chi connectivity index (χ2v) is 9.81. The van der Waals surface area contributed by atoms with E-state index in [9.17, 15) is 4.79 Å². The summed E-state index contributed by atoms with van der Waals surface area (Å²) in [5.41, 5.74) is 0.966. The zero-order valence-electron chi connectivity index (χ0n) is 20.0. The monoisotopic (exact) mass is 430 g/mol. The normalized spacial score (nSPS) is 19.3. The third kappa shape index (κ3) is 9.80. The lowest BCUT2D eigenvalue weighted by Gasteiger charge is -2.33. The number of carboxylic acids is 1. The summed E-state index contributed by atoms with van der Waals surface area (Å²) in [4.78, 5) is 10.5. The lowest BCUT2D eigenvalue weighted by molar-refractivity contribution is -0.137. The number of hydrogen-bond donors (Lipinski definition) is 1. The van der Waals surface area contributed by atoms with Crippen molar-refractivity contribution in [3.63, 3.8) is 0 Å². The number of aliphatic carboxylic acids is 1. The molecule has 0 spiro atoms. The van der Waals surface area contributed by atoms with E-state index in [0.717, 1.165) is 55.4 Å². The smallest absolute Gasteiger partial charge is 0.303 e. The molecular weight excluding hydrogens is 388 g/mol. The number of rotatable bonds is 14. The summed E-state index contributed by atoms with van der Waals surface area (Å²) in [6.45, 7) is 9.73. The van der Waals surface area contributed by atoms with E-state index in [0.29, 0.717) is 13.0 Å². The molecule has 2 atom stereocenters. The third-order valence-corrected chi connectivity index (χ3v) is 6.06. The van der Waals surface area contributed by atoms with Gasteiger partial charge in [-0.25, -0.2) is 0 Å². The topological polar surface area (TPSA) is 55.8 Å². The maximum absolute atomic E-state index is 10.5. The molecule has 0 saturated carbocycles. The third-order valence-electron chi connectivity index (χ3n) is 6.06. The van der Waals surface area contributed by atoms with Crippen molar-refractivity contribution in [1.82, 2.24) is 0 Å². The van der Waals surface area contributed by atoms with E-state index in [1.165, 1.54) is 24.8 Å². The van der Waals surface area contributed by atoms with Crippen LogP contribution in [0.2, 0.25) is 0 Å². The maximum atomic E-state index is 10.5. The number of benzene rings is 1. The Balaban J connectivity index is 1.76. The van der Waals surface area contributed by atoms with Gasteiger partial charge in [0.15, 0.2) is 0 Å². The molecule has 2 unspecified atom stereocenters. The minimum atomic E-state index is -0.728. The molecule has 1 heterocycles. The Kier molecular flexibility index (Phi) is 10.4. The lowest BCUT2D eigenvalue weighted by Crippen LogP contribution is -2.34. The van der Waals surface area contributed by atoms with E-state index in [4.69, 9.17) is 14.6 Å². The Bertz CT molecular complexity index is 709. The van der Waals surface area contributed by atoms with Crippen LogP contribution in [0.25, 0.3) is 0 Å². The van der Waals surface area contributed by atoms with Crippen molar-refractivity contribution in [2.45, 2.75) is 97.5 Å². The second-order valence-electron chi connectivity index (χ2n) is 9.81. The highest BCUT2D eigenvalue weighted by molar-refractivity contribution is 5.66. The molecule has 0 radical (unpaired) electrons. The van der Waals surface area contributed by atoms with Gasteiger partial charge in [0, 0.05) is 6.42 Å². The summed E-state index contributed by atoms with van der Waals surface area (Å²) in [5.74, 6) is 2.62. The van der Waals surface area contributed by atoms with Crippen molar-refractivity contribution < 1.29 is 19.4 Å². The number of unbranched alkanes of at least 4 members (excludes halogenated alkanes) is 2. The first kappa shape index (κ1) is 25.3. The van der Waals surface area contributed by atoms with Gasteiger partial charge in [0.2, 0.25) is 0 Å². The number of allylic oxidation sites excluding steroid dienone is 1. The second kappa shape index (κ2) is 12.8. The van der Waals surface area contributed by atoms with Crippen LogP contribution in [0.3, 0.4) is 0 Å². The minimum absolute atomic E-state index is 0.237. The van der Waals surface area contributed by atoms with Crippen molar-refractivity contribution in [2.75, 3.05) is 6.61 Å². The molecule has 174 valence electrons. The summed E-state index contributed by atoms with van der Waals surface area (Å²) in [7, 11) is 0. The molecule has 0 bridgehead atoms. The highest BCUT2D eigenvalue weighted by atomic mass is 16.5. The first-order valence-electron chi connectivity index (χ1n) is 12.1. The van der Waals surface area contributed by atoms with Gasteiger partial charge >= 0.3 is 5.97 Å². The molecular formula is C27H42O4. The lowest BCUT2D eigenvalue weighted by atomic mass is 9.91. The van der Waals surface area contributed by atoms with E-state index >= 15 is 0 Å². The number of hydrogen-bond acceptors (Lipinski definition) is 3. The molecule has 4 heteroatoms. The average Bonchev–Trinajstić information content (AvgIpc) is 2.70. The van der Waals surface area contributed by atoms with Crippen LogP contribution in [0, 0.1) is 11.8 Å². The van der Waals surface area contributed by atoms with Gasteiger partial charge in [-0.1, -0.05) is 46.1 Å². The molecule has 1 aliphatic heterocycles. The molecule has 31 heavy (non-hydrogen) atoms. The molecule has 0 aromatic heterocycles. The van der Waals surface area contributed by atoms with Gasteiger partial charge in [0.25, 0.3) is 0 Å².